The number of hydrogen-bond acceptors (Lipinski definition) is 3. The molecule has 0 bridgehead atoms. The van der Waals surface area contributed by atoms with Crippen LogP contribution in [0, 0.1) is 0 Å². The lowest BCUT2D eigenvalue weighted by atomic mass is 10.1. The van der Waals surface area contributed by atoms with Crippen molar-refractivity contribution < 1.29 is 14.3 Å². The maximum Gasteiger partial charge on any atom is 0.265 e. The molecular formula is C20H21ClN2O3. The molecule has 136 valence electrons. The zero-order valence-corrected chi connectivity index (χ0v) is 15.6. The predicted molar refractivity (Wildman–Crippen MR) is 102 cm³/mol. The molecule has 0 fully saturated rings. The molecule has 0 saturated carbocycles. The highest BCUT2D eigenvalue weighted by Crippen LogP contribution is 2.31. The zero-order valence-electron chi connectivity index (χ0n) is 14.8. The molecule has 0 aromatic heterocycles. The summed E-state index contributed by atoms with van der Waals surface area (Å²) in [4.78, 5) is 28.1. The number of halogens is 1. The van der Waals surface area contributed by atoms with Crippen LogP contribution in [0.1, 0.15) is 24.9 Å². The monoisotopic (exact) mass is 372 g/mol. The summed E-state index contributed by atoms with van der Waals surface area (Å²) in [5.41, 5.74) is 1.72. The Bertz CT molecular complexity index is 807. The third-order valence-electron chi connectivity index (χ3n) is 4.68. The van der Waals surface area contributed by atoms with Gasteiger partial charge in [-0.25, -0.2) is 0 Å². The Morgan fingerprint density at radius 2 is 1.92 bits per heavy atom. The van der Waals surface area contributed by atoms with Crippen LogP contribution >= 0.6 is 11.6 Å². The van der Waals surface area contributed by atoms with Crippen molar-refractivity contribution >= 4 is 29.1 Å². The lowest BCUT2D eigenvalue weighted by Gasteiger charge is -2.30. The number of carbonyl (C=O) groups is 2. The van der Waals surface area contributed by atoms with Gasteiger partial charge in [-0.3, -0.25) is 9.59 Å². The van der Waals surface area contributed by atoms with Gasteiger partial charge in [0.25, 0.3) is 5.91 Å². The number of carbonyl (C=O) groups excluding carboxylic acids is 2. The van der Waals surface area contributed by atoms with Crippen LogP contribution in [0.5, 0.6) is 5.75 Å². The molecule has 0 aliphatic carbocycles. The summed E-state index contributed by atoms with van der Waals surface area (Å²) in [7, 11) is 1.77. The van der Waals surface area contributed by atoms with E-state index in [1.165, 1.54) is 0 Å². The number of amides is 2. The van der Waals surface area contributed by atoms with Crippen LogP contribution in [0.25, 0.3) is 0 Å². The van der Waals surface area contributed by atoms with Gasteiger partial charge in [-0.05, 0) is 36.8 Å². The van der Waals surface area contributed by atoms with Crippen molar-refractivity contribution in [3.05, 3.63) is 59.1 Å². The Balaban J connectivity index is 1.65. The maximum atomic E-state index is 12.6. The quantitative estimate of drug-likeness (QED) is 0.804. The summed E-state index contributed by atoms with van der Waals surface area (Å²) in [6.07, 6.45) is 0.245. The van der Waals surface area contributed by atoms with Crippen molar-refractivity contribution in [2.24, 2.45) is 0 Å². The average Bonchev–Trinajstić information content (AvgIpc) is 2.66. The second-order valence-corrected chi connectivity index (χ2v) is 6.72. The average molecular weight is 373 g/mol. The van der Waals surface area contributed by atoms with Crippen molar-refractivity contribution in [2.45, 2.75) is 19.4 Å². The third-order valence-corrected chi connectivity index (χ3v) is 4.94. The van der Waals surface area contributed by atoms with Crippen LogP contribution in [-0.2, 0) is 9.59 Å². The standard InChI is InChI=1S/C20H21ClN2O3/c1-14(15-7-9-16(21)10-8-15)22(2)19(24)11-12-23-17-5-3-4-6-18(17)26-13-20(23)25/h3-10,14H,11-13H2,1-2H3/t14-/m0/s1. The van der Waals surface area contributed by atoms with E-state index >= 15 is 0 Å². The number of nitrogens with zero attached hydrogens (tertiary/aromatic N) is 2. The van der Waals surface area contributed by atoms with Gasteiger partial charge in [-0.1, -0.05) is 35.9 Å². The maximum absolute atomic E-state index is 12.6. The molecule has 1 aliphatic heterocycles. The van der Waals surface area contributed by atoms with Crippen molar-refractivity contribution in [1.29, 1.82) is 0 Å². The molecule has 1 aliphatic rings. The molecule has 6 heteroatoms. The molecule has 2 amide bonds. The van der Waals surface area contributed by atoms with Gasteiger partial charge < -0.3 is 14.5 Å². The second kappa shape index (κ2) is 7.79. The Morgan fingerprint density at radius 3 is 2.65 bits per heavy atom. The van der Waals surface area contributed by atoms with E-state index < -0.39 is 0 Å². The minimum absolute atomic E-state index is 0.00220. The lowest BCUT2D eigenvalue weighted by molar-refractivity contribution is -0.131. The van der Waals surface area contributed by atoms with Crippen LogP contribution < -0.4 is 9.64 Å². The first-order valence-corrected chi connectivity index (χ1v) is 8.88. The van der Waals surface area contributed by atoms with Crippen molar-refractivity contribution in [2.75, 3.05) is 25.1 Å². The second-order valence-electron chi connectivity index (χ2n) is 6.28. The number of benzene rings is 2. The van der Waals surface area contributed by atoms with E-state index in [1.807, 2.05) is 55.5 Å². The molecule has 1 heterocycles. The number of hydrogen-bond donors (Lipinski definition) is 0. The highest BCUT2D eigenvalue weighted by Gasteiger charge is 2.26. The van der Waals surface area contributed by atoms with Gasteiger partial charge >= 0.3 is 0 Å². The number of fused-ring (bicyclic) bond motifs is 1. The molecule has 0 saturated heterocycles. The molecule has 0 radical (unpaired) electrons. The number of rotatable bonds is 5. The Labute approximate surface area is 158 Å². The van der Waals surface area contributed by atoms with Gasteiger partial charge in [0.05, 0.1) is 11.7 Å². The summed E-state index contributed by atoms with van der Waals surface area (Å²) in [5.74, 6) is 0.511. The Kier molecular flexibility index (Phi) is 5.47. The molecule has 1 atom stereocenters. The lowest BCUT2D eigenvalue weighted by Crippen LogP contribution is -2.41. The van der Waals surface area contributed by atoms with Gasteiger partial charge in [0.1, 0.15) is 5.75 Å². The molecule has 0 unspecified atom stereocenters. The van der Waals surface area contributed by atoms with E-state index in [1.54, 1.807) is 16.8 Å². The molecule has 5 nitrogen and oxygen atoms in total. The fourth-order valence-corrected chi connectivity index (χ4v) is 3.09. The zero-order chi connectivity index (χ0) is 18.7. The van der Waals surface area contributed by atoms with Crippen molar-refractivity contribution in [3.8, 4) is 5.75 Å². The SMILES string of the molecule is C[C@@H](c1ccc(Cl)cc1)N(C)C(=O)CCN1C(=O)COc2ccccc21. The summed E-state index contributed by atoms with van der Waals surface area (Å²) >= 11 is 5.92. The van der Waals surface area contributed by atoms with Crippen LogP contribution in [0.2, 0.25) is 5.02 Å². The van der Waals surface area contributed by atoms with Crippen molar-refractivity contribution in [1.82, 2.24) is 4.90 Å². The van der Waals surface area contributed by atoms with Gasteiger partial charge in [0.15, 0.2) is 6.61 Å². The van der Waals surface area contributed by atoms with Crippen LogP contribution in [-0.4, -0.2) is 36.9 Å². The van der Waals surface area contributed by atoms with Crippen LogP contribution in [0.4, 0.5) is 5.69 Å². The van der Waals surface area contributed by atoms with Gasteiger partial charge in [-0.2, -0.15) is 0 Å². The summed E-state index contributed by atoms with van der Waals surface area (Å²) < 4.78 is 5.43. The first-order valence-electron chi connectivity index (χ1n) is 8.50. The molecule has 0 spiro atoms. The first-order chi connectivity index (χ1) is 12.5. The van der Waals surface area contributed by atoms with Gasteiger partial charge in [-0.15, -0.1) is 0 Å². The van der Waals surface area contributed by atoms with Crippen molar-refractivity contribution in [3.63, 3.8) is 0 Å². The third kappa shape index (κ3) is 3.83. The smallest absolute Gasteiger partial charge is 0.265 e. The van der Waals surface area contributed by atoms with E-state index in [-0.39, 0.29) is 30.9 Å². The highest BCUT2D eigenvalue weighted by molar-refractivity contribution is 6.30. The molecular weight excluding hydrogens is 352 g/mol. The van der Waals surface area contributed by atoms with E-state index in [0.29, 0.717) is 23.0 Å². The molecule has 26 heavy (non-hydrogen) atoms. The normalized spacial score (nSPS) is 14.4. The van der Waals surface area contributed by atoms with E-state index in [9.17, 15) is 9.59 Å². The predicted octanol–water partition coefficient (Wildman–Crippen LogP) is 3.68. The highest BCUT2D eigenvalue weighted by atomic mass is 35.5. The molecule has 2 aromatic rings. The Morgan fingerprint density at radius 1 is 1.23 bits per heavy atom. The Hall–Kier alpha value is -2.53. The molecule has 3 rings (SSSR count). The minimum Gasteiger partial charge on any atom is -0.482 e. The van der Waals surface area contributed by atoms with Gasteiger partial charge in [0.2, 0.25) is 5.91 Å². The van der Waals surface area contributed by atoms with E-state index in [0.717, 1.165) is 5.56 Å². The summed E-state index contributed by atoms with van der Waals surface area (Å²) in [6.45, 7) is 2.30. The fraction of sp³-hybridized carbons (Fsp3) is 0.300. The number of anilines is 1. The topological polar surface area (TPSA) is 49.9 Å². The van der Waals surface area contributed by atoms with Gasteiger partial charge in [0, 0.05) is 25.0 Å². The minimum atomic E-state index is -0.134. The molecule has 0 N–H and O–H groups in total. The summed E-state index contributed by atoms with van der Waals surface area (Å²) in [5, 5.41) is 0.666. The fourth-order valence-electron chi connectivity index (χ4n) is 2.96. The largest absolute Gasteiger partial charge is 0.482 e. The number of para-hydroxylation sites is 2. The number of ether oxygens (including phenoxy) is 1. The summed E-state index contributed by atoms with van der Waals surface area (Å²) in [6, 6.07) is 14.8. The van der Waals surface area contributed by atoms with E-state index in [2.05, 4.69) is 0 Å². The van der Waals surface area contributed by atoms with E-state index in [4.69, 9.17) is 16.3 Å². The van der Waals surface area contributed by atoms with Crippen LogP contribution in [0.15, 0.2) is 48.5 Å². The first kappa shape index (κ1) is 18.3. The van der Waals surface area contributed by atoms with Crippen LogP contribution in [0.3, 0.4) is 0 Å². The molecule has 2 aromatic carbocycles.